The van der Waals surface area contributed by atoms with Gasteiger partial charge in [0.25, 0.3) is 0 Å². The largest absolute Gasteiger partial charge is 0.486 e. The highest BCUT2D eigenvalue weighted by molar-refractivity contribution is 6.09. The Bertz CT molecular complexity index is 1380. The number of rotatable bonds is 4. The summed E-state index contributed by atoms with van der Waals surface area (Å²) in [5.74, 6) is 0.923. The summed E-state index contributed by atoms with van der Waals surface area (Å²) in [6.07, 6.45) is 1.74. The fourth-order valence-corrected chi connectivity index (χ4v) is 4.31. The molecule has 9 heteroatoms. The van der Waals surface area contributed by atoms with Crippen LogP contribution >= 0.6 is 0 Å². The average Bonchev–Trinajstić information content (AvgIpc) is 3.46. The van der Waals surface area contributed by atoms with E-state index in [1.54, 1.807) is 4.57 Å². The summed E-state index contributed by atoms with van der Waals surface area (Å²) in [5, 5.41) is 0. The molecule has 0 amide bonds. The van der Waals surface area contributed by atoms with Crippen molar-refractivity contribution in [2.45, 2.75) is 18.9 Å². The van der Waals surface area contributed by atoms with Gasteiger partial charge in [-0.2, -0.15) is 0 Å². The van der Waals surface area contributed by atoms with E-state index >= 15 is 0 Å². The molecule has 2 aliphatic rings. The molecule has 1 saturated heterocycles. The summed E-state index contributed by atoms with van der Waals surface area (Å²) in [6.45, 7) is 1.82. The number of nitrogens with zero attached hydrogens (tertiary/aromatic N) is 3. The highest BCUT2D eigenvalue weighted by Crippen LogP contribution is 2.36. The Labute approximate surface area is 189 Å². The topological polar surface area (TPSA) is 111 Å². The van der Waals surface area contributed by atoms with Crippen LogP contribution in [0.15, 0.2) is 42.5 Å². The molecular weight excluding hydrogens is 424 g/mol. The maximum absolute atomic E-state index is 13.2. The molecule has 4 heterocycles. The Morgan fingerprint density at radius 2 is 1.85 bits per heavy atom. The number of nitrogen functional groups attached to an aromatic ring is 1. The predicted octanol–water partition coefficient (Wildman–Crippen LogP) is 3.26. The second-order valence-corrected chi connectivity index (χ2v) is 8.04. The van der Waals surface area contributed by atoms with Crippen LogP contribution in [0.25, 0.3) is 27.9 Å². The van der Waals surface area contributed by atoms with Crippen molar-refractivity contribution in [1.82, 2.24) is 14.5 Å². The number of hydrogen-bond donors (Lipinski definition) is 1. The molecule has 0 saturated carbocycles. The minimum absolute atomic E-state index is 0.0896. The lowest BCUT2D eigenvalue weighted by molar-refractivity contribution is 0.0163. The highest BCUT2D eigenvalue weighted by Gasteiger charge is 2.28. The second-order valence-electron chi connectivity index (χ2n) is 8.04. The van der Waals surface area contributed by atoms with Gasteiger partial charge in [0.05, 0.1) is 22.8 Å². The number of para-hydroxylation sites is 2. The van der Waals surface area contributed by atoms with Crippen LogP contribution in [0.4, 0.5) is 5.82 Å². The Kier molecular flexibility index (Phi) is 4.76. The number of nitrogens with two attached hydrogens (primary N) is 1. The fraction of sp³-hybridized carbons (Fsp3) is 0.292. The molecule has 33 heavy (non-hydrogen) atoms. The number of benzene rings is 2. The molecule has 0 aliphatic carbocycles. The molecule has 1 fully saturated rings. The van der Waals surface area contributed by atoms with Gasteiger partial charge in [0, 0.05) is 12.7 Å². The Balaban J connectivity index is 1.50. The van der Waals surface area contributed by atoms with E-state index in [0.29, 0.717) is 59.2 Å². The normalized spacial score (nSPS) is 17.5. The summed E-state index contributed by atoms with van der Waals surface area (Å²) >= 11 is 0. The van der Waals surface area contributed by atoms with E-state index in [-0.39, 0.29) is 24.1 Å². The Morgan fingerprint density at radius 3 is 2.64 bits per heavy atom. The van der Waals surface area contributed by atoms with Crippen molar-refractivity contribution in [2.24, 2.45) is 0 Å². The van der Waals surface area contributed by atoms with Crippen molar-refractivity contribution < 1.29 is 23.7 Å². The molecule has 4 aromatic rings. The minimum atomic E-state index is -0.547. The molecule has 0 spiro atoms. The van der Waals surface area contributed by atoms with E-state index in [0.717, 1.165) is 12.8 Å². The van der Waals surface area contributed by atoms with E-state index in [9.17, 15) is 4.79 Å². The number of carbonyl (C=O) groups excluding carboxylic acids is 1. The highest BCUT2D eigenvalue weighted by atomic mass is 16.6. The molecule has 0 radical (unpaired) electrons. The van der Waals surface area contributed by atoms with Crippen molar-refractivity contribution in [3.63, 3.8) is 0 Å². The number of hydrogen-bond acceptors (Lipinski definition) is 8. The molecule has 0 unspecified atom stereocenters. The van der Waals surface area contributed by atoms with Crippen molar-refractivity contribution >= 4 is 34.0 Å². The van der Waals surface area contributed by atoms with Crippen molar-refractivity contribution in [3.05, 3.63) is 48.0 Å². The first-order chi connectivity index (χ1) is 16.2. The van der Waals surface area contributed by atoms with Crippen LogP contribution in [0.2, 0.25) is 0 Å². The van der Waals surface area contributed by atoms with E-state index in [4.69, 9.17) is 34.6 Å². The van der Waals surface area contributed by atoms with Crippen LogP contribution in [0.3, 0.4) is 0 Å². The van der Waals surface area contributed by atoms with E-state index in [2.05, 4.69) is 0 Å². The number of fused-ring (bicyclic) bond motifs is 3. The summed E-state index contributed by atoms with van der Waals surface area (Å²) in [4.78, 5) is 22.7. The van der Waals surface area contributed by atoms with E-state index in [1.807, 2.05) is 42.5 Å². The third-order valence-electron chi connectivity index (χ3n) is 5.91. The average molecular weight is 446 g/mol. The van der Waals surface area contributed by atoms with Crippen molar-refractivity contribution in [3.8, 4) is 17.2 Å². The molecule has 9 nitrogen and oxygen atoms in total. The predicted molar refractivity (Wildman–Crippen MR) is 121 cm³/mol. The van der Waals surface area contributed by atoms with Gasteiger partial charge < -0.3 is 24.7 Å². The van der Waals surface area contributed by atoms with Crippen LogP contribution in [0.1, 0.15) is 23.2 Å². The summed E-state index contributed by atoms with van der Waals surface area (Å²) in [5.41, 5.74) is 9.64. The zero-order valence-corrected chi connectivity index (χ0v) is 17.8. The van der Waals surface area contributed by atoms with Gasteiger partial charge in [0.2, 0.25) is 0 Å². The fourth-order valence-electron chi connectivity index (χ4n) is 4.31. The zero-order valence-electron chi connectivity index (χ0n) is 17.8. The smallest absolute Gasteiger partial charge is 0.344 e. The van der Waals surface area contributed by atoms with Gasteiger partial charge in [-0.25, -0.2) is 14.8 Å². The lowest BCUT2D eigenvalue weighted by Crippen LogP contribution is -2.18. The molecule has 2 aromatic carbocycles. The van der Waals surface area contributed by atoms with E-state index < -0.39 is 5.97 Å². The molecule has 168 valence electrons. The third-order valence-corrected chi connectivity index (χ3v) is 5.91. The van der Waals surface area contributed by atoms with Crippen LogP contribution in [0.5, 0.6) is 11.5 Å². The Morgan fingerprint density at radius 1 is 1.06 bits per heavy atom. The SMILES string of the molecule is Nc1c(C(=O)OC[C@H]2CCCO2)c2nc3ccccc3nc2n1-c1ccc2c(c1)OCCO2. The van der Waals surface area contributed by atoms with Gasteiger partial charge >= 0.3 is 5.97 Å². The number of carbonyl (C=O) groups is 1. The third kappa shape index (κ3) is 3.41. The zero-order chi connectivity index (χ0) is 22.4. The van der Waals surface area contributed by atoms with Crippen LogP contribution in [0, 0.1) is 0 Å². The molecule has 2 aliphatic heterocycles. The first-order valence-corrected chi connectivity index (χ1v) is 10.9. The maximum Gasteiger partial charge on any atom is 0.344 e. The van der Waals surface area contributed by atoms with Gasteiger partial charge in [-0.05, 0) is 37.1 Å². The summed E-state index contributed by atoms with van der Waals surface area (Å²) < 4.78 is 24.2. The monoisotopic (exact) mass is 446 g/mol. The molecule has 0 bridgehead atoms. The summed E-state index contributed by atoms with van der Waals surface area (Å²) in [7, 11) is 0. The number of ether oxygens (including phenoxy) is 4. The molecular formula is C24H22N4O5. The van der Waals surface area contributed by atoms with Gasteiger partial charge in [-0.15, -0.1) is 0 Å². The lowest BCUT2D eigenvalue weighted by Gasteiger charge is -2.19. The van der Waals surface area contributed by atoms with Crippen LogP contribution in [-0.2, 0) is 9.47 Å². The summed E-state index contributed by atoms with van der Waals surface area (Å²) in [6, 6.07) is 13.0. The molecule has 6 rings (SSSR count). The number of esters is 1. The standard InChI is InChI=1S/C24H22N4O5/c25-22-20(24(29)33-13-15-4-3-9-30-15)21-23(27-17-6-2-1-5-16(17)26-21)28(22)14-7-8-18-19(12-14)32-11-10-31-18/h1-2,5-8,12,15H,3-4,9-11,13,25H2/t15-/m1/s1. The van der Waals surface area contributed by atoms with Crippen LogP contribution < -0.4 is 15.2 Å². The molecule has 2 aromatic heterocycles. The number of aromatic nitrogens is 3. The Hall–Kier alpha value is -3.85. The van der Waals surface area contributed by atoms with Gasteiger partial charge in [-0.3, -0.25) is 4.57 Å². The van der Waals surface area contributed by atoms with Crippen molar-refractivity contribution in [2.75, 3.05) is 32.2 Å². The van der Waals surface area contributed by atoms with Gasteiger partial charge in [0.1, 0.15) is 36.7 Å². The number of anilines is 1. The molecule has 2 N–H and O–H groups in total. The van der Waals surface area contributed by atoms with Crippen LogP contribution in [-0.4, -0.2) is 53.0 Å². The lowest BCUT2D eigenvalue weighted by atomic mass is 10.2. The maximum atomic E-state index is 13.2. The van der Waals surface area contributed by atoms with E-state index in [1.165, 1.54) is 0 Å². The van der Waals surface area contributed by atoms with Gasteiger partial charge in [0.15, 0.2) is 17.1 Å². The van der Waals surface area contributed by atoms with Gasteiger partial charge in [-0.1, -0.05) is 12.1 Å². The first kappa shape index (κ1) is 19.8. The molecule has 1 atom stereocenters. The first-order valence-electron chi connectivity index (χ1n) is 10.9. The quantitative estimate of drug-likeness (QED) is 0.476. The van der Waals surface area contributed by atoms with Crippen molar-refractivity contribution in [1.29, 1.82) is 0 Å². The minimum Gasteiger partial charge on any atom is -0.486 e. The second kappa shape index (κ2) is 7.93.